The zero-order valence-corrected chi connectivity index (χ0v) is 13.6. The van der Waals surface area contributed by atoms with Gasteiger partial charge in [0.15, 0.2) is 0 Å². The first-order valence-corrected chi connectivity index (χ1v) is 8.66. The standard InChI is InChI=1S/C16H24N2O3S/c17-13-22-16(5-9-19)14-1-3-15(4-2-14)21-12-8-18-6-10-20-11-7-18/h1-4,9,16H,5-8,10-13,17H2. The zero-order valence-electron chi connectivity index (χ0n) is 12.8. The molecule has 5 nitrogen and oxygen atoms in total. The fraction of sp³-hybridized carbons (Fsp3) is 0.562. The second-order valence-electron chi connectivity index (χ2n) is 5.10. The van der Waals surface area contributed by atoms with Crippen LogP contribution in [0.1, 0.15) is 17.2 Å². The summed E-state index contributed by atoms with van der Waals surface area (Å²) in [4.78, 5) is 13.1. The Morgan fingerprint density at radius 1 is 1.32 bits per heavy atom. The Hall–Kier alpha value is -1.08. The Labute approximate surface area is 136 Å². The molecule has 1 aromatic rings. The van der Waals surface area contributed by atoms with E-state index in [9.17, 15) is 4.79 Å². The number of nitrogens with zero attached hydrogens (tertiary/aromatic N) is 1. The molecule has 1 aliphatic heterocycles. The van der Waals surface area contributed by atoms with Crippen LogP contribution in [0, 0.1) is 0 Å². The Morgan fingerprint density at radius 3 is 2.68 bits per heavy atom. The van der Waals surface area contributed by atoms with Crippen LogP contribution in [0.3, 0.4) is 0 Å². The topological polar surface area (TPSA) is 64.8 Å². The maximum atomic E-state index is 10.7. The Balaban J connectivity index is 1.79. The van der Waals surface area contributed by atoms with Crippen molar-refractivity contribution in [1.29, 1.82) is 0 Å². The number of morpholine rings is 1. The Bertz CT molecular complexity index is 436. The highest BCUT2D eigenvalue weighted by Crippen LogP contribution is 2.31. The van der Waals surface area contributed by atoms with Crippen molar-refractivity contribution >= 4 is 18.0 Å². The van der Waals surface area contributed by atoms with Crippen molar-refractivity contribution in [3.8, 4) is 5.75 Å². The molecule has 0 aliphatic carbocycles. The smallest absolute Gasteiger partial charge is 0.121 e. The van der Waals surface area contributed by atoms with E-state index in [1.165, 1.54) is 0 Å². The number of benzene rings is 1. The average Bonchev–Trinajstić information content (AvgIpc) is 2.56. The second kappa shape index (κ2) is 9.84. The molecular formula is C16H24N2O3S. The van der Waals surface area contributed by atoms with Gasteiger partial charge in [0, 0.05) is 37.2 Å². The molecule has 1 fully saturated rings. The van der Waals surface area contributed by atoms with Gasteiger partial charge in [-0.25, -0.2) is 0 Å². The third-order valence-electron chi connectivity index (χ3n) is 3.64. The number of nitrogens with two attached hydrogens (primary N) is 1. The molecule has 0 saturated carbocycles. The first-order chi connectivity index (χ1) is 10.8. The lowest BCUT2D eigenvalue weighted by Crippen LogP contribution is -2.38. The van der Waals surface area contributed by atoms with Gasteiger partial charge in [-0.1, -0.05) is 12.1 Å². The van der Waals surface area contributed by atoms with E-state index in [1.54, 1.807) is 11.8 Å². The van der Waals surface area contributed by atoms with Crippen molar-refractivity contribution in [2.75, 3.05) is 45.3 Å². The van der Waals surface area contributed by atoms with E-state index in [0.29, 0.717) is 18.9 Å². The summed E-state index contributed by atoms with van der Waals surface area (Å²) in [6, 6.07) is 7.95. The molecule has 22 heavy (non-hydrogen) atoms. The van der Waals surface area contributed by atoms with E-state index >= 15 is 0 Å². The van der Waals surface area contributed by atoms with Crippen LogP contribution in [0.2, 0.25) is 0 Å². The molecule has 0 amide bonds. The average molecular weight is 324 g/mol. The van der Waals surface area contributed by atoms with E-state index in [2.05, 4.69) is 4.90 Å². The molecule has 122 valence electrons. The largest absolute Gasteiger partial charge is 0.492 e. The molecule has 0 bridgehead atoms. The van der Waals surface area contributed by atoms with Crippen molar-refractivity contribution in [3.05, 3.63) is 29.8 Å². The van der Waals surface area contributed by atoms with Gasteiger partial charge in [-0.05, 0) is 17.7 Å². The van der Waals surface area contributed by atoms with E-state index in [4.69, 9.17) is 15.2 Å². The summed E-state index contributed by atoms with van der Waals surface area (Å²) < 4.78 is 11.1. The van der Waals surface area contributed by atoms with Gasteiger partial charge < -0.3 is 20.0 Å². The number of aldehydes is 1. The third kappa shape index (κ3) is 5.61. The van der Waals surface area contributed by atoms with Gasteiger partial charge in [0.1, 0.15) is 18.6 Å². The summed E-state index contributed by atoms with van der Waals surface area (Å²) in [5, 5.41) is 0.130. The quantitative estimate of drug-likeness (QED) is 0.551. The highest BCUT2D eigenvalue weighted by atomic mass is 32.2. The molecule has 1 unspecified atom stereocenters. The Morgan fingerprint density at radius 2 is 2.05 bits per heavy atom. The van der Waals surface area contributed by atoms with Crippen molar-refractivity contribution in [2.24, 2.45) is 5.73 Å². The number of rotatable bonds is 9. The lowest BCUT2D eigenvalue weighted by atomic mass is 10.1. The predicted molar refractivity (Wildman–Crippen MR) is 89.3 cm³/mol. The molecule has 2 rings (SSSR count). The van der Waals surface area contributed by atoms with Crippen LogP contribution < -0.4 is 10.5 Å². The molecule has 1 heterocycles. The first kappa shape index (κ1) is 17.3. The second-order valence-corrected chi connectivity index (χ2v) is 6.33. The van der Waals surface area contributed by atoms with Crippen LogP contribution in [-0.4, -0.2) is 56.5 Å². The predicted octanol–water partition coefficient (Wildman–Crippen LogP) is 1.68. The molecule has 1 aromatic carbocycles. The minimum absolute atomic E-state index is 0.130. The first-order valence-electron chi connectivity index (χ1n) is 7.61. The lowest BCUT2D eigenvalue weighted by molar-refractivity contribution is -0.107. The number of ether oxygens (including phenoxy) is 2. The number of thioether (sulfide) groups is 1. The summed E-state index contributed by atoms with van der Waals surface area (Å²) in [5.41, 5.74) is 6.69. The molecule has 1 aliphatic rings. The summed E-state index contributed by atoms with van der Waals surface area (Å²) in [6.07, 6.45) is 1.43. The molecular weight excluding hydrogens is 300 g/mol. The Kier molecular flexibility index (Phi) is 7.73. The zero-order chi connectivity index (χ0) is 15.6. The number of hydrogen-bond acceptors (Lipinski definition) is 6. The van der Waals surface area contributed by atoms with Gasteiger partial charge in [-0.15, -0.1) is 11.8 Å². The summed E-state index contributed by atoms with van der Waals surface area (Å²) >= 11 is 1.58. The van der Waals surface area contributed by atoms with Gasteiger partial charge in [0.25, 0.3) is 0 Å². The van der Waals surface area contributed by atoms with Gasteiger partial charge in [-0.3, -0.25) is 4.90 Å². The highest BCUT2D eigenvalue weighted by molar-refractivity contribution is 7.99. The van der Waals surface area contributed by atoms with Crippen LogP contribution in [0.25, 0.3) is 0 Å². The van der Waals surface area contributed by atoms with Gasteiger partial charge >= 0.3 is 0 Å². The monoisotopic (exact) mass is 324 g/mol. The van der Waals surface area contributed by atoms with Crippen LogP contribution in [0.4, 0.5) is 0 Å². The summed E-state index contributed by atoms with van der Waals surface area (Å²) in [6.45, 7) is 5.17. The molecule has 2 N–H and O–H groups in total. The fourth-order valence-corrected chi connectivity index (χ4v) is 3.20. The van der Waals surface area contributed by atoms with Gasteiger partial charge in [-0.2, -0.15) is 0 Å². The molecule has 0 aromatic heterocycles. The summed E-state index contributed by atoms with van der Waals surface area (Å²) in [7, 11) is 0. The molecule has 0 spiro atoms. The minimum atomic E-state index is 0.130. The SMILES string of the molecule is NCSC(CC=O)c1ccc(OCCN2CCOCC2)cc1. The maximum Gasteiger partial charge on any atom is 0.121 e. The number of carbonyl (C=O) groups excluding carboxylic acids is 1. The maximum absolute atomic E-state index is 10.7. The normalized spacial score (nSPS) is 17.1. The van der Waals surface area contributed by atoms with Crippen molar-refractivity contribution in [3.63, 3.8) is 0 Å². The van der Waals surface area contributed by atoms with Gasteiger partial charge in [0.05, 0.1) is 13.2 Å². The molecule has 1 saturated heterocycles. The van der Waals surface area contributed by atoms with Crippen LogP contribution in [0.15, 0.2) is 24.3 Å². The number of carbonyl (C=O) groups is 1. The number of hydrogen-bond donors (Lipinski definition) is 1. The van der Waals surface area contributed by atoms with E-state index in [-0.39, 0.29) is 5.25 Å². The fourth-order valence-electron chi connectivity index (χ4n) is 2.40. The molecule has 6 heteroatoms. The van der Waals surface area contributed by atoms with Crippen LogP contribution >= 0.6 is 11.8 Å². The van der Waals surface area contributed by atoms with Crippen molar-refractivity contribution in [1.82, 2.24) is 4.90 Å². The van der Waals surface area contributed by atoms with Crippen LogP contribution in [0.5, 0.6) is 5.75 Å². The minimum Gasteiger partial charge on any atom is -0.492 e. The van der Waals surface area contributed by atoms with Crippen molar-refractivity contribution in [2.45, 2.75) is 11.7 Å². The summed E-state index contributed by atoms with van der Waals surface area (Å²) in [5.74, 6) is 1.37. The third-order valence-corrected chi connectivity index (χ3v) is 4.70. The van der Waals surface area contributed by atoms with E-state index < -0.39 is 0 Å². The van der Waals surface area contributed by atoms with E-state index in [1.807, 2.05) is 24.3 Å². The lowest BCUT2D eigenvalue weighted by Gasteiger charge is -2.26. The van der Waals surface area contributed by atoms with Crippen molar-refractivity contribution < 1.29 is 14.3 Å². The van der Waals surface area contributed by atoms with Gasteiger partial charge in [0.2, 0.25) is 0 Å². The molecule has 0 radical (unpaired) electrons. The highest BCUT2D eigenvalue weighted by Gasteiger charge is 2.12. The molecule has 1 atom stereocenters. The van der Waals surface area contributed by atoms with Crippen LogP contribution in [-0.2, 0) is 9.53 Å². The van der Waals surface area contributed by atoms with E-state index in [0.717, 1.165) is 50.4 Å².